The average molecular weight is 348 g/mol. The smallest absolute Gasteiger partial charge is 0.113 e. The van der Waals surface area contributed by atoms with Crippen molar-refractivity contribution in [2.75, 3.05) is 0 Å². The fraction of sp³-hybridized carbons (Fsp3) is 0.478. The van der Waals surface area contributed by atoms with Crippen LogP contribution in [-0.4, -0.2) is 15.0 Å². The summed E-state index contributed by atoms with van der Waals surface area (Å²) in [6, 6.07) is 12.9. The van der Waals surface area contributed by atoms with Gasteiger partial charge in [0, 0.05) is 0 Å². The van der Waals surface area contributed by atoms with Gasteiger partial charge in [0.15, 0.2) is 0 Å². The van der Waals surface area contributed by atoms with E-state index in [1.54, 1.807) is 0 Å². The Bertz CT molecular complexity index is 868. The molecule has 1 saturated carbocycles. The number of aromatic nitrogens is 3. The molecule has 1 heterocycles. The standard InChI is InChI=1S/C23H29N3/c1-16(2)13-19-14-20(18-9-5-4-6-10-18)15-23(17(19)3)26-24-21-11-7-8-12-22(21)25-26/h7-8,11-12,14-16,18H,4-6,9-10,13H2,1-3H3. The van der Waals surface area contributed by atoms with Crippen molar-refractivity contribution in [1.29, 1.82) is 0 Å². The van der Waals surface area contributed by atoms with Crippen molar-refractivity contribution in [3.8, 4) is 5.69 Å². The topological polar surface area (TPSA) is 30.7 Å². The Morgan fingerprint density at radius 2 is 1.65 bits per heavy atom. The Balaban J connectivity index is 1.83. The van der Waals surface area contributed by atoms with Gasteiger partial charge in [0.2, 0.25) is 0 Å². The summed E-state index contributed by atoms with van der Waals surface area (Å²) in [6.45, 7) is 6.82. The highest BCUT2D eigenvalue weighted by molar-refractivity contribution is 5.73. The second-order valence-electron chi connectivity index (χ2n) is 8.24. The molecule has 3 nitrogen and oxygen atoms in total. The van der Waals surface area contributed by atoms with E-state index in [4.69, 9.17) is 10.2 Å². The molecular weight excluding hydrogens is 318 g/mol. The molecule has 2 aromatic carbocycles. The lowest BCUT2D eigenvalue weighted by Gasteiger charge is -2.24. The molecule has 1 aliphatic carbocycles. The van der Waals surface area contributed by atoms with Gasteiger partial charge in [0.1, 0.15) is 11.0 Å². The summed E-state index contributed by atoms with van der Waals surface area (Å²) < 4.78 is 0. The fourth-order valence-corrected chi connectivity index (χ4v) is 4.28. The third-order valence-corrected chi connectivity index (χ3v) is 5.72. The van der Waals surface area contributed by atoms with Crippen LogP contribution in [0.1, 0.15) is 68.6 Å². The molecule has 26 heavy (non-hydrogen) atoms. The van der Waals surface area contributed by atoms with Gasteiger partial charge in [0.05, 0.1) is 5.69 Å². The van der Waals surface area contributed by atoms with Gasteiger partial charge in [-0.25, -0.2) is 0 Å². The highest BCUT2D eigenvalue weighted by Gasteiger charge is 2.20. The molecular formula is C23H29N3. The lowest BCUT2D eigenvalue weighted by molar-refractivity contribution is 0.443. The molecule has 0 bridgehead atoms. The van der Waals surface area contributed by atoms with Gasteiger partial charge in [-0.2, -0.15) is 4.80 Å². The zero-order valence-corrected chi connectivity index (χ0v) is 16.2. The summed E-state index contributed by atoms with van der Waals surface area (Å²) >= 11 is 0. The first-order valence-corrected chi connectivity index (χ1v) is 10.1. The second-order valence-corrected chi connectivity index (χ2v) is 8.24. The number of benzene rings is 2. The van der Waals surface area contributed by atoms with E-state index in [0.717, 1.165) is 23.1 Å². The SMILES string of the molecule is Cc1c(CC(C)C)cc(C2CCCCC2)cc1-n1nc2ccccc2n1. The Labute approximate surface area is 156 Å². The van der Waals surface area contributed by atoms with Gasteiger partial charge in [0.25, 0.3) is 0 Å². The normalized spacial score (nSPS) is 15.8. The van der Waals surface area contributed by atoms with Gasteiger partial charge in [-0.15, -0.1) is 10.2 Å². The van der Waals surface area contributed by atoms with Gasteiger partial charge in [-0.1, -0.05) is 51.3 Å². The summed E-state index contributed by atoms with van der Waals surface area (Å²) in [6.07, 6.45) is 7.85. The van der Waals surface area contributed by atoms with Gasteiger partial charge >= 0.3 is 0 Å². The Kier molecular flexibility index (Phi) is 4.80. The third kappa shape index (κ3) is 3.40. The van der Waals surface area contributed by atoms with Crippen LogP contribution in [0.2, 0.25) is 0 Å². The van der Waals surface area contributed by atoms with E-state index >= 15 is 0 Å². The third-order valence-electron chi connectivity index (χ3n) is 5.72. The van der Waals surface area contributed by atoms with Crippen LogP contribution in [0.5, 0.6) is 0 Å². The molecule has 0 radical (unpaired) electrons. The summed E-state index contributed by atoms with van der Waals surface area (Å²) in [5, 5.41) is 9.51. The molecule has 1 aromatic heterocycles. The van der Waals surface area contributed by atoms with Gasteiger partial charge < -0.3 is 0 Å². The van der Waals surface area contributed by atoms with Crippen LogP contribution in [0.4, 0.5) is 0 Å². The van der Waals surface area contributed by atoms with E-state index in [9.17, 15) is 0 Å². The molecule has 1 fully saturated rings. The van der Waals surface area contributed by atoms with E-state index in [2.05, 4.69) is 32.9 Å². The molecule has 0 spiro atoms. The molecule has 0 aliphatic heterocycles. The zero-order valence-electron chi connectivity index (χ0n) is 16.2. The highest BCUT2D eigenvalue weighted by atomic mass is 15.5. The quantitative estimate of drug-likeness (QED) is 0.581. The van der Waals surface area contributed by atoms with Crippen LogP contribution in [0.15, 0.2) is 36.4 Å². The lowest BCUT2D eigenvalue weighted by atomic mass is 9.82. The molecule has 0 atom stereocenters. The number of nitrogens with zero attached hydrogens (tertiary/aromatic N) is 3. The average Bonchev–Trinajstić information content (AvgIpc) is 3.07. The molecule has 4 rings (SSSR count). The Hall–Kier alpha value is -2.16. The van der Waals surface area contributed by atoms with Crippen molar-refractivity contribution < 1.29 is 0 Å². The Morgan fingerprint density at radius 3 is 2.27 bits per heavy atom. The second kappa shape index (κ2) is 7.22. The van der Waals surface area contributed by atoms with Crippen molar-refractivity contribution in [3.05, 3.63) is 53.1 Å². The minimum atomic E-state index is 0.646. The lowest BCUT2D eigenvalue weighted by Crippen LogP contribution is -2.10. The number of hydrogen-bond donors (Lipinski definition) is 0. The van der Waals surface area contributed by atoms with Crippen LogP contribution in [0, 0.1) is 12.8 Å². The van der Waals surface area contributed by atoms with Crippen molar-refractivity contribution in [2.24, 2.45) is 5.92 Å². The predicted molar refractivity (Wildman–Crippen MR) is 108 cm³/mol. The summed E-state index contributed by atoms with van der Waals surface area (Å²) in [5.41, 5.74) is 7.33. The molecule has 0 unspecified atom stereocenters. The van der Waals surface area contributed by atoms with Crippen LogP contribution in [0.3, 0.4) is 0 Å². The predicted octanol–water partition coefficient (Wildman–Crippen LogP) is 5.98. The first-order chi connectivity index (χ1) is 12.6. The molecule has 0 N–H and O–H groups in total. The van der Waals surface area contributed by atoms with Crippen LogP contribution < -0.4 is 0 Å². The zero-order chi connectivity index (χ0) is 18.1. The van der Waals surface area contributed by atoms with Crippen LogP contribution >= 0.6 is 0 Å². The molecule has 136 valence electrons. The van der Waals surface area contributed by atoms with E-state index in [0.29, 0.717) is 11.8 Å². The highest BCUT2D eigenvalue weighted by Crippen LogP contribution is 2.35. The molecule has 3 heteroatoms. The van der Waals surface area contributed by atoms with E-state index in [1.165, 1.54) is 48.8 Å². The summed E-state index contributed by atoms with van der Waals surface area (Å²) in [7, 11) is 0. The van der Waals surface area contributed by atoms with Crippen molar-refractivity contribution in [3.63, 3.8) is 0 Å². The first-order valence-electron chi connectivity index (χ1n) is 10.1. The maximum Gasteiger partial charge on any atom is 0.113 e. The number of hydrogen-bond acceptors (Lipinski definition) is 2. The van der Waals surface area contributed by atoms with Crippen molar-refractivity contribution in [2.45, 2.75) is 65.2 Å². The largest absolute Gasteiger partial charge is 0.150 e. The van der Waals surface area contributed by atoms with Crippen molar-refractivity contribution >= 4 is 11.0 Å². The maximum atomic E-state index is 4.76. The number of rotatable bonds is 4. The number of fused-ring (bicyclic) bond motifs is 1. The molecule has 0 saturated heterocycles. The van der Waals surface area contributed by atoms with Crippen LogP contribution in [-0.2, 0) is 6.42 Å². The minimum Gasteiger partial charge on any atom is -0.150 e. The molecule has 0 amide bonds. The minimum absolute atomic E-state index is 0.646. The van der Waals surface area contributed by atoms with Gasteiger partial charge in [-0.05, 0) is 72.9 Å². The Morgan fingerprint density at radius 1 is 1.00 bits per heavy atom. The van der Waals surface area contributed by atoms with Crippen molar-refractivity contribution in [1.82, 2.24) is 15.0 Å². The van der Waals surface area contributed by atoms with E-state index in [1.807, 2.05) is 29.1 Å². The maximum absolute atomic E-state index is 4.76. The molecule has 1 aliphatic rings. The summed E-state index contributed by atoms with van der Waals surface area (Å²) in [4.78, 5) is 1.86. The van der Waals surface area contributed by atoms with Crippen LogP contribution in [0.25, 0.3) is 16.7 Å². The van der Waals surface area contributed by atoms with E-state index in [-0.39, 0.29) is 0 Å². The monoisotopic (exact) mass is 347 g/mol. The fourth-order valence-electron chi connectivity index (χ4n) is 4.28. The first kappa shape index (κ1) is 17.3. The summed E-state index contributed by atoms with van der Waals surface area (Å²) in [5.74, 6) is 1.34. The molecule has 3 aromatic rings. The van der Waals surface area contributed by atoms with Gasteiger partial charge in [-0.3, -0.25) is 0 Å². The van der Waals surface area contributed by atoms with E-state index < -0.39 is 0 Å².